The van der Waals surface area contributed by atoms with Gasteiger partial charge >= 0.3 is 6.18 Å². The summed E-state index contributed by atoms with van der Waals surface area (Å²) in [4.78, 5) is 12.1. The topological polar surface area (TPSA) is 59.0 Å². The Morgan fingerprint density at radius 2 is 2.04 bits per heavy atom. The van der Waals surface area contributed by atoms with E-state index in [9.17, 15) is 18.0 Å². The number of amides is 1. The van der Waals surface area contributed by atoms with Crippen LogP contribution in [0.4, 0.5) is 19.0 Å². The van der Waals surface area contributed by atoms with E-state index in [4.69, 9.17) is 0 Å². The quantitative estimate of drug-likeness (QED) is 0.871. The zero-order valence-corrected chi connectivity index (χ0v) is 13.4. The number of aromatic nitrogens is 2. The van der Waals surface area contributed by atoms with Crippen LogP contribution in [0, 0.1) is 5.92 Å². The monoisotopic (exact) mass is 332 g/mol. The third-order valence-corrected chi connectivity index (χ3v) is 4.10. The predicted molar refractivity (Wildman–Crippen MR) is 80.9 cm³/mol. The third-order valence-electron chi connectivity index (χ3n) is 4.10. The molecule has 1 saturated carbocycles. The maximum atomic E-state index is 12.3. The first-order valence-corrected chi connectivity index (χ1v) is 7.90. The minimum atomic E-state index is -4.32. The van der Waals surface area contributed by atoms with Crippen LogP contribution in [0.15, 0.2) is 12.3 Å². The molecular formula is C15H23F3N4O. The van der Waals surface area contributed by atoms with Gasteiger partial charge in [-0.15, -0.1) is 0 Å². The third kappa shape index (κ3) is 5.76. The number of nitrogens with one attached hydrogen (secondary N) is 2. The highest BCUT2D eigenvalue weighted by Gasteiger charge is 2.28. The Balaban J connectivity index is 1.81. The zero-order valence-electron chi connectivity index (χ0n) is 13.4. The highest BCUT2D eigenvalue weighted by molar-refractivity contribution is 5.84. The number of anilines is 1. The van der Waals surface area contributed by atoms with Crippen LogP contribution < -0.4 is 10.6 Å². The molecule has 130 valence electrons. The number of carbonyl (C=O) groups excluding carboxylic acids is 1. The lowest BCUT2D eigenvalue weighted by Crippen LogP contribution is -2.44. The second-order valence-electron chi connectivity index (χ2n) is 6.35. The molecular weight excluding hydrogens is 309 g/mol. The molecule has 0 aliphatic heterocycles. The Bertz CT molecular complexity index is 521. The Morgan fingerprint density at radius 1 is 1.39 bits per heavy atom. The van der Waals surface area contributed by atoms with Crippen LogP contribution in [0.1, 0.15) is 39.5 Å². The molecule has 0 saturated heterocycles. The van der Waals surface area contributed by atoms with Crippen LogP contribution in [-0.4, -0.2) is 33.9 Å². The summed E-state index contributed by atoms with van der Waals surface area (Å²) in [6.07, 6.45) is 1.08. The summed E-state index contributed by atoms with van der Waals surface area (Å²) >= 11 is 0. The highest BCUT2D eigenvalue weighted by Crippen LogP contribution is 2.23. The lowest BCUT2D eigenvalue weighted by molar-refractivity contribution is -0.142. The molecule has 2 N–H and O–H groups in total. The number of alkyl halides is 3. The fourth-order valence-corrected chi connectivity index (χ4v) is 2.73. The predicted octanol–water partition coefficient (Wildman–Crippen LogP) is 2.94. The van der Waals surface area contributed by atoms with Gasteiger partial charge in [-0.3, -0.25) is 9.48 Å². The number of carbonyl (C=O) groups is 1. The van der Waals surface area contributed by atoms with Crippen molar-refractivity contribution in [2.24, 2.45) is 5.92 Å². The summed E-state index contributed by atoms with van der Waals surface area (Å²) in [6.45, 7) is 2.73. The summed E-state index contributed by atoms with van der Waals surface area (Å²) in [5.74, 6) is 0.806. The van der Waals surface area contributed by atoms with Crippen molar-refractivity contribution in [3.8, 4) is 0 Å². The average molecular weight is 332 g/mol. The average Bonchev–Trinajstić information content (AvgIpc) is 2.86. The van der Waals surface area contributed by atoms with Crippen LogP contribution in [0.25, 0.3) is 0 Å². The van der Waals surface area contributed by atoms with Crippen molar-refractivity contribution in [3.63, 3.8) is 0 Å². The first-order valence-electron chi connectivity index (χ1n) is 7.90. The SMILES string of the molecule is CC1CCC(NC(=O)C(C)Nc2ccn(CC(F)(F)F)n2)CC1. The molecule has 0 aromatic carbocycles. The summed E-state index contributed by atoms with van der Waals surface area (Å²) in [6, 6.07) is 1.06. The van der Waals surface area contributed by atoms with Crippen molar-refractivity contribution in [1.29, 1.82) is 0 Å². The molecule has 1 fully saturated rings. The number of hydrogen-bond acceptors (Lipinski definition) is 3. The van der Waals surface area contributed by atoms with Crippen molar-refractivity contribution in [3.05, 3.63) is 12.3 Å². The van der Waals surface area contributed by atoms with Crippen molar-refractivity contribution in [2.45, 2.75) is 64.3 Å². The molecule has 1 aliphatic carbocycles. The molecule has 5 nitrogen and oxygen atoms in total. The normalized spacial score (nSPS) is 23.3. The number of halogens is 3. The minimum Gasteiger partial charge on any atom is -0.357 e. The largest absolute Gasteiger partial charge is 0.408 e. The van der Waals surface area contributed by atoms with Gasteiger partial charge in [0.1, 0.15) is 18.4 Å². The minimum absolute atomic E-state index is 0.157. The van der Waals surface area contributed by atoms with Crippen molar-refractivity contribution < 1.29 is 18.0 Å². The second-order valence-corrected chi connectivity index (χ2v) is 6.35. The molecule has 1 amide bonds. The van der Waals surface area contributed by atoms with Crippen LogP contribution in [0.3, 0.4) is 0 Å². The summed E-state index contributed by atoms with van der Waals surface area (Å²) in [5, 5.41) is 9.60. The summed E-state index contributed by atoms with van der Waals surface area (Å²) in [5.41, 5.74) is 0. The molecule has 0 bridgehead atoms. The smallest absolute Gasteiger partial charge is 0.357 e. The van der Waals surface area contributed by atoms with Gasteiger partial charge in [0.15, 0.2) is 0 Å². The second kappa shape index (κ2) is 7.23. The fourth-order valence-electron chi connectivity index (χ4n) is 2.73. The van der Waals surface area contributed by atoms with Gasteiger partial charge in [0.25, 0.3) is 0 Å². The van der Waals surface area contributed by atoms with Crippen LogP contribution in [-0.2, 0) is 11.3 Å². The van der Waals surface area contributed by atoms with Gasteiger partial charge in [-0.25, -0.2) is 0 Å². The molecule has 1 atom stereocenters. The van der Waals surface area contributed by atoms with Crippen molar-refractivity contribution in [1.82, 2.24) is 15.1 Å². The Labute approximate surface area is 133 Å². The van der Waals surface area contributed by atoms with E-state index in [0.717, 1.165) is 30.4 Å². The molecule has 23 heavy (non-hydrogen) atoms. The van der Waals surface area contributed by atoms with Crippen LogP contribution >= 0.6 is 0 Å². The summed E-state index contributed by atoms with van der Waals surface area (Å²) < 4.78 is 37.7. The molecule has 1 heterocycles. The number of nitrogens with zero attached hydrogens (tertiary/aromatic N) is 2. The molecule has 1 aliphatic rings. The van der Waals surface area contributed by atoms with Gasteiger partial charge < -0.3 is 10.6 Å². The molecule has 2 rings (SSSR count). The molecule has 1 unspecified atom stereocenters. The standard InChI is InChI=1S/C15H23F3N4O/c1-10-3-5-12(6-4-10)20-14(23)11(2)19-13-7-8-22(21-13)9-15(16,17)18/h7-8,10-12H,3-6,9H2,1-2H3,(H,19,21)(H,20,23). The van der Waals surface area contributed by atoms with E-state index in [1.165, 1.54) is 12.3 Å². The summed E-state index contributed by atoms with van der Waals surface area (Å²) in [7, 11) is 0. The number of hydrogen-bond donors (Lipinski definition) is 2. The van der Waals surface area contributed by atoms with E-state index in [1.807, 2.05) is 0 Å². The van der Waals surface area contributed by atoms with Gasteiger partial charge in [0, 0.05) is 18.3 Å². The zero-order chi connectivity index (χ0) is 17.0. The highest BCUT2D eigenvalue weighted by atomic mass is 19.4. The van der Waals surface area contributed by atoms with Gasteiger partial charge in [-0.2, -0.15) is 18.3 Å². The lowest BCUT2D eigenvalue weighted by Gasteiger charge is -2.28. The first kappa shape index (κ1) is 17.6. The molecule has 0 spiro atoms. The van der Waals surface area contributed by atoms with Gasteiger partial charge in [0.2, 0.25) is 5.91 Å². The van der Waals surface area contributed by atoms with Crippen molar-refractivity contribution >= 4 is 11.7 Å². The molecule has 1 aromatic heterocycles. The van der Waals surface area contributed by atoms with E-state index >= 15 is 0 Å². The Hall–Kier alpha value is -1.73. The van der Waals surface area contributed by atoms with Gasteiger partial charge in [0.05, 0.1) is 0 Å². The Morgan fingerprint density at radius 3 is 2.65 bits per heavy atom. The van der Waals surface area contributed by atoms with Crippen LogP contribution in [0.2, 0.25) is 0 Å². The fraction of sp³-hybridized carbons (Fsp3) is 0.733. The first-order chi connectivity index (χ1) is 10.7. The number of rotatable bonds is 5. The van der Waals surface area contributed by atoms with Crippen molar-refractivity contribution in [2.75, 3.05) is 5.32 Å². The maximum absolute atomic E-state index is 12.3. The lowest BCUT2D eigenvalue weighted by atomic mass is 9.87. The molecule has 8 heteroatoms. The van der Waals surface area contributed by atoms with Gasteiger partial charge in [-0.1, -0.05) is 6.92 Å². The molecule has 0 radical (unpaired) electrons. The van der Waals surface area contributed by atoms with E-state index in [-0.39, 0.29) is 17.8 Å². The van der Waals surface area contributed by atoms with E-state index in [0.29, 0.717) is 5.92 Å². The van der Waals surface area contributed by atoms with E-state index < -0.39 is 18.8 Å². The molecule has 1 aromatic rings. The Kier molecular flexibility index (Phi) is 5.54. The van der Waals surface area contributed by atoms with Crippen LogP contribution in [0.5, 0.6) is 0 Å². The van der Waals surface area contributed by atoms with E-state index in [1.54, 1.807) is 6.92 Å². The van der Waals surface area contributed by atoms with Gasteiger partial charge in [-0.05, 0) is 38.5 Å². The maximum Gasteiger partial charge on any atom is 0.408 e. The van der Waals surface area contributed by atoms with E-state index in [2.05, 4.69) is 22.7 Å².